The molecule has 0 aliphatic carbocycles. The number of nitrogens with zero attached hydrogens (tertiary/aromatic N) is 1. The van der Waals surface area contributed by atoms with E-state index in [1.54, 1.807) is 18.2 Å². The topological polar surface area (TPSA) is 75.7 Å². The molecule has 0 fully saturated rings. The van der Waals surface area contributed by atoms with Gasteiger partial charge in [-0.05, 0) is 35.9 Å². The zero-order chi connectivity index (χ0) is 21.6. The van der Waals surface area contributed by atoms with Crippen molar-refractivity contribution in [1.29, 1.82) is 0 Å². The number of carbonyl (C=O) groups is 3. The van der Waals surface area contributed by atoms with Crippen LogP contribution in [0, 0.1) is 0 Å². The Balaban J connectivity index is 1.39. The molecule has 1 aliphatic rings. The van der Waals surface area contributed by atoms with Crippen molar-refractivity contribution in [1.82, 2.24) is 5.32 Å². The van der Waals surface area contributed by atoms with Crippen LogP contribution in [0.1, 0.15) is 15.9 Å². The van der Waals surface area contributed by atoms with Crippen molar-refractivity contribution in [3.63, 3.8) is 0 Å². The molecular formula is C24H20N2O4S. The molecule has 0 radical (unpaired) electrons. The van der Waals surface area contributed by atoms with Crippen molar-refractivity contribution in [2.24, 2.45) is 0 Å². The van der Waals surface area contributed by atoms with Gasteiger partial charge in [-0.3, -0.25) is 14.5 Å². The lowest BCUT2D eigenvalue weighted by molar-refractivity contribution is -0.134. The highest BCUT2D eigenvalue weighted by Crippen LogP contribution is 2.34. The highest BCUT2D eigenvalue weighted by atomic mass is 32.2. The summed E-state index contributed by atoms with van der Waals surface area (Å²) < 4.78 is 5.41. The van der Waals surface area contributed by atoms with Crippen molar-refractivity contribution in [2.75, 3.05) is 17.2 Å². The molecule has 4 rings (SSSR count). The van der Waals surface area contributed by atoms with Gasteiger partial charge in [-0.15, -0.1) is 11.8 Å². The number of para-hydroxylation sites is 1. The maximum absolute atomic E-state index is 12.5. The number of anilines is 1. The number of hydrogen-bond donors (Lipinski definition) is 1. The zero-order valence-electron chi connectivity index (χ0n) is 16.6. The highest BCUT2D eigenvalue weighted by molar-refractivity contribution is 8.00. The average molecular weight is 433 g/mol. The van der Waals surface area contributed by atoms with Gasteiger partial charge >= 0.3 is 5.97 Å². The van der Waals surface area contributed by atoms with Crippen molar-refractivity contribution in [2.45, 2.75) is 11.4 Å². The standard InChI is InChI=1S/C24H20N2O4S/c27-22-16-31-21-12-5-4-11-20(21)26(22)15-23(28)30-19-10-6-9-18(13-19)24(29)25-14-17-7-2-1-3-8-17/h1-13H,14-16H2,(H,25,29). The van der Waals surface area contributed by atoms with Gasteiger partial charge in [0.05, 0.1) is 11.4 Å². The molecule has 156 valence electrons. The Kier molecular flexibility index (Phi) is 6.33. The molecule has 1 N–H and O–H groups in total. The van der Waals surface area contributed by atoms with Gasteiger partial charge in [-0.1, -0.05) is 48.5 Å². The van der Waals surface area contributed by atoms with Crippen LogP contribution in [0.2, 0.25) is 0 Å². The van der Waals surface area contributed by atoms with E-state index in [0.29, 0.717) is 17.8 Å². The van der Waals surface area contributed by atoms with Crippen LogP contribution >= 0.6 is 11.8 Å². The first-order valence-corrected chi connectivity index (χ1v) is 10.7. The lowest BCUT2D eigenvalue weighted by atomic mass is 10.2. The first kappa shape index (κ1) is 20.7. The van der Waals surface area contributed by atoms with Gasteiger partial charge in [0.15, 0.2) is 0 Å². The molecule has 1 heterocycles. The normalized spacial score (nSPS) is 12.8. The van der Waals surface area contributed by atoms with E-state index >= 15 is 0 Å². The van der Waals surface area contributed by atoms with Crippen molar-refractivity contribution < 1.29 is 19.1 Å². The Labute approximate surface area is 184 Å². The smallest absolute Gasteiger partial charge is 0.331 e. The molecule has 0 unspecified atom stereocenters. The third-order valence-electron chi connectivity index (χ3n) is 4.72. The molecule has 0 aromatic heterocycles. The van der Waals surface area contributed by atoms with Gasteiger partial charge in [0.2, 0.25) is 5.91 Å². The lowest BCUT2D eigenvalue weighted by Crippen LogP contribution is -2.40. The molecule has 3 aromatic carbocycles. The third kappa shape index (κ3) is 5.13. The molecule has 0 bridgehead atoms. The Bertz CT molecular complexity index is 1120. The van der Waals surface area contributed by atoms with Crippen molar-refractivity contribution in [3.8, 4) is 5.75 Å². The lowest BCUT2D eigenvalue weighted by Gasteiger charge is -2.27. The molecule has 0 saturated heterocycles. The summed E-state index contributed by atoms with van der Waals surface area (Å²) in [6.07, 6.45) is 0. The number of benzene rings is 3. The van der Waals surface area contributed by atoms with Gasteiger partial charge in [0.25, 0.3) is 5.91 Å². The van der Waals surface area contributed by atoms with Gasteiger partial charge in [0.1, 0.15) is 12.3 Å². The Morgan fingerprint density at radius 3 is 2.58 bits per heavy atom. The summed E-state index contributed by atoms with van der Waals surface area (Å²) in [6.45, 7) is 0.207. The number of rotatable bonds is 6. The summed E-state index contributed by atoms with van der Waals surface area (Å²) in [7, 11) is 0. The van der Waals surface area contributed by atoms with Crippen LogP contribution in [-0.2, 0) is 16.1 Å². The molecule has 0 atom stereocenters. The fourth-order valence-electron chi connectivity index (χ4n) is 3.20. The maximum atomic E-state index is 12.5. The fourth-order valence-corrected chi connectivity index (χ4v) is 4.14. The monoisotopic (exact) mass is 432 g/mol. The summed E-state index contributed by atoms with van der Waals surface area (Å²) in [5.74, 6) is -0.448. The van der Waals surface area contributed by atoms with Crippen LogP contribution in [0.3, 0.4) is 0 Å². The number of hydrogen-bond acceptors (Lipinski definition) is 5. The maximum Gasteiger partial charge on any atom is 0.331 e. The molecule has 1 aliphatic heterocycles. The summed E-state index contributed by atoms with van der Waals surface area (Å²) >= 11 is 1.45. The second-order valence-electron chi connectivity index (χ2n) is 6.91. The number of carbonyl (C=O) groups excluding carboxylic acids is 3. The first-order chi connectivity index (χ1) is 15.1. The first-order valence-electron chi connectivity index (χ1n) is 9.75. The molecular weight excluding hydrogens is 412 g/mol. The number of thioether (sulfide) groups is 1. The molecule has 31 heavy (non-hydrogen) atoms. The second kappa shape index (κ2) is 9.49. The quantitative estimate of drug-likeness (QED) is 0.475. The molecule has 7 heteroatoms. The minimum absolute atomic E-state index is 0.144. The highest BCUT2D eigenvalue weighted by Gasteiger charge is 2.27. The van der Waals surface area contributed by atoms with E-state index in [0.717, 1.165) is 10.5 Å². The fraction of sp³-hybridized carbons (Fsp3) is 0.125. The van der Waals surface area contributed by atoms with Crippen LogP contribution in [-0.4, -0.2) is 30.1 Å². The molecule has 6 nitrogen and oxygen atoms in total. The average Bonchev–Trinajstić information content (AvgIpc) is 2.80. The number of nitrogens with one attached hydrogen (secondary N) is 1. The summed E-state index contributed by atoms with van der Waals surface area (Å²) in [5, 5.41) is 2.84. The molecule has 3 aromatic rings. The molecule has 0 saturated carbocycles. The van der Waals surface area contributed by atoms with Crippen molar-refractivity contribution in [3.05, 3.63) is 90.0 Å². The van der Waals surface area contributed by atoms with Gasteiger partial charge in [-0.2, -0.15) is 0 Å². The van der Waals surface area contributed by atoms with Gasteiger partial charge in [-0.25, -0.2) is 4.79 Å². The second-order valence-corrected chi connectivity index (χ2v) is 7.92. The Morgan fingerprint density at radius 1 is 0.968 bits per heavy atom. The van der Waals surface area contributed by atoms with E-state index in [1.165, 1.54) is 22.7 Å². The van der Waals surface area contributed by atoms with Crippen LogP contribution < -0.4 is 15.0 Å². The largest absolute Gasteiger partial charge is 0.425 e. The van der Waals surface area contributed by atoms with E-state index in [9.17, 15) is 14.4 Å². The SMILES string of the molecule is O=C(CN1C(=O)CSc2ccccc21)Oc1cccc(C(=O)NCc2ccccc2)c1. The molecule has 2 amide bonds. The number of ether oxygens (including phenoxy) is 1. The molecule has 0 spiro atoms. The number of amides is 2. The van der Waals surface area contributed by atoms with Gasteiger partial charge in [0, 0.05) is 17.0 Å². The van der Waals surface area contributed by atoms with E-state index in [1.807, 2.05) is 54.6 Å². The Hall–Kier alpha value is -3.58. The van der Waals surface area contributed by atoms with E-state index in [-0.39, 0.29) is 29.9 Å². The summed E-state index contributed by atoms with van der Waals surface area (Å²) in [4.78, 5) is 39.7. The zero-order valence-corrected chi connectivity index (χ0v) is 17.4. The van der Waals surface area contributed by atoms with Crippen LogP contribution in [0.5, 0.6) is 5.75 Å². The summed E-state index contributed by atoms with van der Waals surface area (Å²) in [6, 6.07) is 23.5. The van der Waals surface area contributed by atoms with Crippen molar-refractivity contribution >= 4 is 35.2 Å². The van der Waals surface area contributed by atoms with Crippen LogP contribution in [0.15, 0.2) is 83.8 Å². The third-order valence-corrected chi connectivity index (χ3v) is 5.77. The predicted octanol–water partition coefficient (Wildman–Crippen LogP) is 3.66. The van der Waals surface area contributed by atoms with E-state index in [4.69, 9.17) is 4.74 Å². The predicted molar refractivity (Wildman–Crippen MR) is 119 cm³/mol. The van der Waals surface area contributed by atoms with Crippen LogP contribution in [0.25, 0.3) is 0 Å². The summed E-state index contributed by atoms with van der Waals surface area (Å²) in [5.41, 5.74) is 2.08. The minimum atomic E-state index is -0.572. The number of esters is 1. The minimum Gasteiger partial charge on any atom is -0.425 e. The van der Waals surface area contributed by atoms with E-state index < -0.39 is 5.97 Å². The van der Waals surface area contributed by atoms with E-state index in [2.05, 4.69) is 5.32 Å². The Morgan fingerprint density at radius 2 is 1.74 bits per heavy atom. The van der Waals surface area contributed by atoms with Crippen LogP contribution in [0.4, 0.5) is 5.69 Å². The number of fused-ring (bicyclic) bond motifs is 1. The van der Waals surface area contributed by atoms with Gasteiger partial charge < -0.3 is 10.1 Å².